The average molecular weight is 506 g/mol. The van der Waals surface area contributed by atoms with Gasteiger partial charge in [-0.25, -0.2) is 8.42 Å². The van der Waals surface area contributed by atoms with Gasteiger partial charge >= 0.3 is 0 Å². The SMILES string of the molecule is CS(=O)(=O)N1CCN(CCOc2ccccc2C=C2c3ccccc3-c3ccc([N+](=O)[O-])cc32)CC1. The van der Waals surface area contributed by atoms with E-state index in [0.717, 1.165) is 39.1 Å². The van der Waals surface area contributed by atoms with E-state index in [9.17, 15) is 18.5 Å². The Morgan fingerprint density at radius 3 is 2.31 bits per heavy atom. The highest BCUT2D eigenvalue weighted by Crippen LogP contribution is 2.46. The number of sulfonamides is 1. The zero-order valence-electron chi connectivity index (χ0n) is 20.0. The largest absolute Gasteiger partial charge is 0.492 e. The van der Waals surface area contributed by atoms with Crippen molar-refractivity contribution < 1.29 is 18.1 Å². The maximum atomic E-state index is 11.7. The number of rotatable bonds is 7. The van der Waals surface area contributed by atoms with Crippen molar-refractivity contribution in [2.24, 2.45) is 0 Å². The Labute approximate surface area is 210 Å². The molecule has 1 saturated heterocycles. The summed E-state index contributed by atoms with van der Waals surface area (Å²) in [5, 5.41) is 11.4. The van der Waals surface area contributed by atoms with Crippen LogP contribution in [0, 0.1) is 10.1 Å². The number of piperazine rings is 1. The van der Waals surface area contributed by atoms with Gasteiger partial charge in [-0.05, 0) is 46.0 Å². The maximum absolute atomic E-state index is 11.7. The van der Waals surface area contributed by atoms with E-state index < -0.39 is 10.0 Å². The Balaban J connectivity index is 1.36. The summed E-state index contributed by atoms with van der Waals surface area (Å²) in [6.07, 6.45) is 3.28. The van der Waals surface area contributed by atoms with Crippen molar-refractivity contribution in [1.29, 1.82) is 0 Å². The van der Waals surface area contributed by atoms with Crippen LogP contribution in [-0.4, -0.2) is 68.1 Å². The number of non-ortho nitro benzene ring substituents is 1. The van der Waals surface area contributed by atoms with Gasteiger partial charge in [0.1, 0.15) is 12.4 Å². The van der Waals surface area contributed by atoms with Gasteiger partial charge in [0.2, 0.25) is 10.0 Å². The first-order chi connectivity index (χ1) is 17.3. The fraction of sp³-hybridized carbons (Fsp3) is 0.259. The summed E-state index contributed by atoms with van der Waals surface area (Å²) in [6, 6.07) is 20.8. The van der Waals surface area contributed by atoms with Gasteiger partial charge in [0.15, 0.2) is 0 Å². The molecule has 1 fully saturated rings. The van der Waals surface area contributed by atoms with E-state index in [1.54, 1.807) is 12.1 Å². The molecule has 5 rings (SSSR count). The number of benzene rings is 3. The second-order valence-electron chi connectivity index (χ2n) is 8.98. The van der Waals surface area contributed by atoms with E-state index in [0.29, 0.717) is 39.3 Å². The fourth-order valence-electron chi connectivity index (χ4n) is 4.81. The van der Waals surface area contributed by atoms with Crippen LogP contribution in [0.4, 0.5) is 5.69 Å². The van der Waals surface area contributed by atoms with Crippen molar-refractivity contribution in [3.63, 3.8) is 0 Å². The normalized spacial score (nSPS) is 17.1. The number of nitro groups is 1. The van der Waals surface area contributed by atoms with Gasteiger partial charge < -0.3 is 4.74 Å². The second kappa shape index (κ2) is 9.85. The molecular weight excluding hydrogens is 478 g/mol. The van der Waals surface area contributed by atoms with Gasteiger partial charge in [0.25, 0.3) is 5.69 Å². The molecule has 2 aliphatic rings. The summed E-state index contributed by atoms with van der Waals surface area (Å²) in [4.78, 5) is 13.3. The molecule has 0 amide bonds. The summed E-state index contributed by atoms with van der Waals surface area (Å²) < 4.78 is 31.1. The number of ether oxygens (including phenoxy) is 1. The van der Waals surface area contributed by atoms with E-state index in [2.05, 4.69) is 4.90 Å². The first-order valence-corrected chi connectivity index (χ1v) is 13.7. The Bertz CT molecular complexity index is 1440. The molecule has 0 spiro atoms. The highest BCUT2D eigenvalue weighted by atomic mass is 32.2. The fourth-order valence-corrected chi connectivity index (χ4v) is 5.64. The number of nitro benzene ring substituents is 1. The van der Waals surface area contributed by atoms with Gasteiger partial charge in [0.05, 0.1) is 11.2 Å². The average Bonchev–Trinajstić information content (AvgIpc) is 3.18. The van der Waals surface area contributed by atoms with Crippen LogP contribution in [0.15, 0.2) is 66.7 Å². The van der Waals surface area contributed by atoms with Gasteiger partial charge in [-0.15, -0.1) is 0 Å². The first-order valence-electron chi connectivity index (χ1n) is 11.8. The summed E-state index contributed by atoms with van der Waals surface area (Å²) in [7, 11) is -3.15. The summed E-state index contributed by atoms with van der Waals surface area (Å²) >= 11 is 0. The number of hydrogen-bond acceptors (Lipinski definition) is 6. The lowest BCUT2D eigenvalue weighted by Gasteiger charge is -2.33. The third-order valence-electron chi connectivity index (χ3n) is 6.70. The standard InChI is InChI=1S/C27H27N3O5S/c1-36(33,34)29-14-12-28(13-15-29)16-17-35-27-9-5-2-6-20(27)18-25-23-8-4-3-7-22(23)24-11-10-21(30(31)32)19-26(24)25/h2-11,18-19H,12-17H2,1H3. The lowest BCUT2D eigenvalue weighted by atomic mass is 10.0. The van der Waals surface area contributed by atoms with E-state index >= 15 is 0 Å². The number of para-hydroxylation sites is 1. The van der Waals surface area contributed by atoms with Gasteiger partial charge in [-0.2, -0.15) is 4.31 Å². The highest BCUT2D eigenvalue weighted by molar-refractivity contribution is 7.88. The molecule has 0 radical (unpaired) electrons. The molecule has 0 aromatic heterocycles. The van der Waals surface area contributed by atoms with E-state index in [1.807, 2.05) is 60.7 Å². The van der Waals surface area contributed by atoms with Gasteiger partial charge in [-0.3, -0.25) is 15.0 Å². The Hall–Kier alpha value is -3.53. The zero-order chi connectivity index (χ0) is 25.3. The lowest BCUT2D eigenvalue weighted by molar-refractivity contribution is -0.384. The third kappa shape index (κ3) is 4.90. The molecular formula is C27H27N3O5S. The Morgan fingerprint density at radius 1 is 0.917 bits per heavy atom. The number of hydrogen-bond donors (Lipinski definition) is 0. The first kappa shape index (κ1) is 24.2. The Morgan fingerprint density at radius 2 is 1.58 bits per heavy atom. The highest BCUT2D eigenvalue weighted by Gasteiger charge is 2.26. The molecule has 0 atom stereocenters. The van der Waals surface area contributed by atoms with Crippen LogP contribution < -0.4 is 4.74 Å². The van der Waals surface area contributed by atoms with E-state index in [-0.39, 0.29) is 10.6 Å². The van der Waals surface area contributed by atoms with Crippen LogP contribution >= 0.6 is 0 Å². The lowest BCUT2D eigenvalue weighted by Crippen LogP contribution is -2.49. The minimum atomic E-state index is -3.15. The quantitative estimate of drug-likeness (QED) is 0.277. The van der Waals surface area contributed by atoms with Crippen LogP contribution in [0.25, 0.3) is 22.8 Å². The molecule has 1 aliphatic carbocycles. The predicted molar refractivity (Wildman–Crippen MR) is 140 cm³/mol. The molecule has 0 unspecified atom stereocenters. The smallest absolute Gasteiger partial charge is 0.270 e. The molecule has 36 heavy (non-hydrogen) atoms. The van der Waals surface area contributed by atoms with Crippen molar-refractivity contribution in [3.8, 4) is 16.9 Å². The molecule has 1 heterocycles. The molecule has 0 N–H and O–H groups in total. The van der Waals surface area contributed by atoms with Crippen molar-refractivity contribution in [2.75, 3.05) is 45.6 Å². The van der Waals surface area contributed by atoms with E-state index in [1.165, 1.54) is 10.6 Å². The summed E-state index contributed by atoms with van der Waals surface area (Å²) in [6.45, 7) is 3.50. The number of fused-ring (bicyclic) bond motifs is 3. The monoisotopic (exact) mass is 505 g/mol. The van der Waals surface area contributed by atoms with Crippen LogP contribution in [0.5, 0.6) is 5.75 Å². The molecule has 0 bridgehead atoms. The maximum Gasteiger partial charge on any atom is 0.270 e. The van der Waals surface area contributed by atoms with E-state index in [4.69, 9.17) is 4.74 Å². The van der Waals surface area contributed by atoms with Gasteiger partial charge in [-0.1, -0.05) is 42.5 Å². The molecule has 0 saturated carbocycles. The van der Waals surface area contributed by atoms with Crippen LogP contribution in [0.3, 0.4) is 0 Å². The molecule has 1 aliphatic heterocycles. The third-order valence-corrected chi connectivity index (χ3v) is 8.00. The molecule has 3 aromatic rings. The molecule has 186 valence electrons. The van der Waals surface area contributed by atoms with Crippen molar-refractivity contribution in [1.82, 2.24) is 9.21 Å². The topological polar surface area (TPSA) is 93.0 Å². The van der Waals surface area contributed by atoms with Crippen LogP contribution in [-0.2, 0) is 10.0 Å². The molecule has 3 aromatic carbocycles. The summed E-state index contributed by atoms with van der Waals surface area (Å²) in [5.74, 6) is 0.733. The Kier molecular flexibility index (Phi) is 6.61. The zero-order valence-corrected chi connectivity index (χ0v) is 20.8. The molecule has 9 heteroatoms. The molecule has 8 nitrogen and oxygen atoms in total. The summed E-state index contributed by atoms with van der Waals surface area (Å²) in [5.41, 5.74) is 5.79. The van der Waals surface area contributed by atoms with Crippen molar-refractivity contribution in [3.05, 3.63) is 93.5 Å². The minimum Gasteiger partial charge on any atom is -0.492 e. The number of nitrogens with zero attached hydrogens (tertiary/aromatic N) is 3. The minimum absolute atomic E-state index is 0.0629. The second-order valence-corrected chi connectivity index (χ2v) is 11.0. The van der Waals surface area contributed by atoms with Crippen molar-refractivity contribution >= 4 is 27.4 Å². The van der Waals surface area contributed by atoms with Crippen LogP contribution in [0.1, 0.15) is 16.7 Å². The van der Waals surface area contributed by atoms with Crippen molar-refractivity contribution in [2.45, 2.75) is 0 Å². The van der Waals surface area contributed by atoms with Crippen LogP contribution in [0.2, 0.25) is 0 Å². The van der Waals surface area contributed by atoms with Gasteiger partial charge in [0, 0.05) is 50.4 Å². The predicted octanol–water partition coefficient (Wildman–Crippen LogP) is 4.12.